The number of aliphatic hydroxyl groups is 1. The SMILES string of the molecule is CC(C)CC(O)C[N+](C)(C)C. The number of rotatable bonds is 4. The summed E-state index contributed by atoms with van der Waals surface area (Å²) < 4.78 is 0.841. The van der Waals surface area contributed by atoms with Gasteiger partial charge in [0.2, 0.25) is 0 Å². The Balaban J connectivity index is 3.61. The average molecular weight is 160 g/mol. The highest BCUT2D eigenvalue weighted by Crippen LogP contribution is 2.06. The van der Waals surface area contributed by atoms with E-state index in [1.807, 2.05) is 0 Å². The van der Waals surface area contributed by atoms with Crippen LogP contribution in [0.25, 0.3) is 0 Å². The zero-order chi connectivity index (χ0) is 9.07. The molecule has 1 unspecified atom stereocenters. The van der Waals surface area contributed by atoms with Gasteiger partial charge in [-0.05, 0) is 12.3 Å². The molecule has 0 aliphatic heterocycles. The molecule has 2 nitrogen and oxygen atoms in total. The van der Waals surface area contributed by atoms with Crippen molar-refractivity contribution in [3.05, 3.63) is 0 Å². The van der Waals surface area contributed by atoms with Crippen molar-refractivity contribution >= 4 is 0 Å². The largest absolute Gasteiger partial charge is 0.387 e. The van der Waals surface area contributed by atoms with Crippen molar-refractivity contribution < 1.29 is 9.59 Å². The van der Waals surface area contributed by atoms with E-state index in [1.165, 1.54) is 0 Å². The number of likely N-dealkylation sites (N-methyl/N-ethyl adjacent to an activating group) is 1. The molecule has 11 heavy (non-hydrogen) atoms. The lowest BCUT2D eigenvalue weighted by Gasteiger charge is -2.27. The second-order valence-electron chi connectivity index (χ2n) is 4.76. The highest BCUT2D eigenvalue weighted by atomic mass is 16.3. The van der Waals surface area contributed by atoms with Crippen LogP contribution in [0.15, 0.2) is 0 Å². The fraction of sp³-hybridized carbons (Fsp3) is 1.00. The van der Waals surface area contributed by atoms with E-state index in [2.05, 4.69) is 35.0 Å². The van der Waals surface area contributed by atoms with E-state index in [0.29, 0.717) is 5.92 Å². The van der Waals surface area contributed by atoms with Crippen molar-refractivity contribution in [2.45, 2.75) is 26.4 Å². The van der Waals surface area contributed by atoms with Crippen molar-refractivity contribution in [3.8, 4) is 0 Å². The zero-order valence-corrected chi connectivity index (χ0v) is 8.46. The highest BCUT2D eigenvalue weighted by molar-refractivity contribution is 4.56. The molecule has 0 fully saturated rings. The summed E-state index contributed by atoms with van der Waals surface area (Å²) in [6.07, 6.45) is 0.769. The van der Waals surface area contributed by atoms with E-state index in [1.54, 1.807) is 0 Å². The Labute approximate surface area is 70.4 Å². The van der Waals surface area contributed by atoms with E-state index >= 15 is 0 Å². The molecule has 0 heterocycles. The molecule has 0 aliphatic rings. The van der Waals surface area contributed by atoms with Crippen LogP contribution in [0.1, 0.15) is 20.3 Å². The predicted molar refractivity (Wildman–Crippen MR) is 48.4 cm³/mol. The standard InChI is InChI=1S/C9H22NO/c1-8(2)6-9(11)7-10(3,4)5/h8-9,11H,6-7H2,1-5H3/q+1. The maximum absolute atomic E-state index is 9.54. The van der Waals surface area contributed by atoms with Crippen LogP contribution in [0.3, 0.4) is 0 Å². The molecular weight excluding hydrogens is 138 g/mol. The first-order valence-electron chi connectivity index (χ1n) is 4.30. The van der Waals surface area contributed by atoms with Gasteiger partial charge in [0.15, 0.2) is 0 Å². The Morgan fingerprint density at radius 1 is 1.18 bits per heavy atom. The van der Waals surface area contributed by atoms with Crippen LogP contribution >= 0.6 is 0 Å². The van der Waals surface area contributed by atoms with Crippen LogP contribution < -0.4 is 0 Å². The van der Waals surface area contributed by atoms with Crippen LogP contribution in [0, 0.1) is 5.92 Å². The number of nitrogens with zero attached hydrogens (tertiary/aromatic N) is 1. The van der Waals surface area contributed by atoms with Crippen molar-refractivity contribution in [2.24, 2.45) is 5.92 Å². The first-order chi connectivity index (χ1) is 4.81. The molecule has 1 atom stereocenters. The molecule has 0 aromatic rings. The molecule has 0 saturated heterocycles. The monoisotopic (exact) mass is 160 g/mol. The van der Waals surface area contributed by atoms with Crippen molar-refractivity contribution in [1.82, 2.24) is 0 Å². The van der Waals surface area contributed by atoms with Crippen molar-refractivity contribution in [2.75, 3.05) is 27.7 Å². The maximum atomic E-state index is 9.54. The third-order valence-electron chi connectivity index (χ3n) is 1.50. The number of aliphatic hydroxyl groups excluding tert-OH is 1. The topological polar surface area (TPSA) is 20.2 Å². The van der Waals surface area contributed by atoms with Crippen LogP contribution in [0.2, 0.25) is 0 Å². The van der Waals surface area contributed by atoms with Gasteiger partial charge in [0.05, 0.1) is 21.1 Å². The van der Waals surface area contributed by atoms with Gasteiger partial charge in [0, 0.05) is 0 Å². The summed E-state index contributed by atoms with van der Waals surface area (Å²) in [6.45, 7) is 5.12. The van der Waals surface area contributed by atoms with Crippen LogP contribution in [-0.4, -0.2) is 43.4 Å². The quantitative estimate of drug-likeness (QED) is 0.611. The average Bonchev–Trinajstić information content (AvgIpc) is 1.53. The second kappa shape index (κ2) is 4.07. The molecule has 0 amide bonds. The minimum absolute atomic E-state index is 0.144. The number of hydrogen-bond acceptors (Lipinski definition) is 1. The Morgan fingerprint density at radius 2 is 1.64 bits per heavy atom. The lowest BCUT2D eigenvalue weighted by atomic mass is 10.1. The third kappa shape index (κ3) is 7.82. The molecular formula is C9H22NO+. The number of hydrogen-bond donors (Lipinski definition) is 1. The van der Waals surface area contributed by atoms with Gasteiger partial charge in [-0.1, -0.05) is 13.8 Å². The van der Waals surface area contributed by atoms with Gasteiger partial charge in [-0.3, -0.25) is 0 Å². The summed E-state index contributed by atoms with van der Waals surface area (Å²) >= 11 is 0. The van der Waals surface area contributed by atoms with Crippen LogP contribution in [0.5, 0.6) is 0 Å². The third-order valence-corrected chi connectivity index (χ3v) is 1.50. The summed E-state index contributed by atoms with van der Waals surface area (Å²) in [5.74, 6) is 0.594. The highest BCUT2D eigenvalue weighted by Gasteiger charge is 2.15. The molecule has 2 heteroatoms. The summed E-state index contributed by atoms with van der Waals surface area (Å²) in [6, 6.07) is 0. The molecule has 1 N–H and O–H groups in total. The molecule has 0 bridgehead atoms. The second-order valence-corrected chi connectivity index (χ2v) is 4.76. The first-order valence-corrected chi connectivity index (χ1v) is 4.30. The zero-order valence-electron chi connectivity index (χ0n) is 8.46. The normalized spacial score (nSPS) is 15.5. The van der Waals surface area contributed by atoms with Gasteiger partial charge < -0.3 is 9.59 Å². The lowest BCUT2D eigenvalue weighted by molar-refractivity contribution is -0.873. The van der Waals surface area contributed by atoms with Crippen molar-refractivity contribution in [3.63, 3.8) is 0 Å². The van der Waals surface area contributed by atoms with E-state index in [-0.39, 0.29) is 6.10 Å². The van der Waals surface area contributed by atoms with E-state index in [0.717, 1.165) is 17.4 Å². The van der Waals surface area contributed by atoms with Gasteiger partial charge >= 0.3 is 0 Å². The van der Waals surface area contributed by atoms with E-state index in [4.69, 9.17) is 0 Å². The van der Waals surface area contributed by atoms with Crippen molar-refractivity contribution in [1.29, 1.82) is 0 Å². The Hall–Kier alpha value is -0.0800. The predicted octanol–water partition coefficient (Wildman–Crippen LogP) is 1.10. The Morgan fingerprint density at radius 3 is 1.91 bits per heavy atom. The lowest BCUT2D eigenvalue weighted by Crippen LogP contribution is -2.41. The van der Waals surface area contributed by atoms with Gasteiger partial charge in [0.1, 0.15) is 12.6 Å². The molecule has 0 aliphatic carbocycles. The minimum Gasteiger partial charge on any atom is -0.387 e. The fourth-order valence-corrected chi connectivity index (χ4v) is 1.25. The molecule has 0 aromatic carbocycles. The van der Waals surface area contributed by atoms with Crippen LogP contribution in [0.4, 0.5) is 0 Å². The molecule has 0 saturated carbocycles. The van der Waals surface area contributed by atoms with Crippen LogP contribution in [-0.2, 0) is 0 Å². The van der Waals surface area contributed by atoms with Gasteiger partial charge in [-0.25, -0.2) is 0 Å². The van der Waals surface area contributed by atoms with E-state index < -0.39 is 0 Å². The first kappa shape index (κ1) is 10.9. The molecule has 0 rings (SSSR count). The van der Waals surface area contributed by atoms with Gasteiger partial charge in [-0.2, -0.15) is 0 Å². The molecule has 0 aromatic heterocycles. The Bertz CT molecular complexity index is 105. The van der Waals surface area contributed by atoms with Gasteiger partial charge in [-0.15, -0.1) is 0 Å². The van der Waals surface area contributed by atoms with E-state index in [9.17, 15) is 5.11 Å². The smallest absolute Gasteiger partial charge is 0.104 e. The summed E-state index contributed by atoms with van der Waals surface area (Å²) in [5.41, 5.74) is 0. The number of quaternary nitrogens is 1. The van der Waals surface area contributed by atoms with Gasteiger partial charge in [0.25, 0.3) is 0 Å². The maximum Gasteiger partial charge on any atom is 0.104 e. The Kier molecular flexibility index (Phi) is 4.04. The fourth-order valence-electron chi connectivity index (χ4n) is 1.25. The molecule has 68 valence electrons. The minimum atomic E-state index is -0.144. The molecule has 0 radical (unpaired) electrons. The summed E-state index contributed by atoms with van der Waals surface area (Å²) in [4.78, 5) is 0. The molecule has 0 spiro atoms. The summed E-state index contributed by atoms with van der Waals surface area (Å²) in [7, 11) is 6.30. The summed E-state index contributed by atoms with van der Waals surface area (Å²) in [5, 5.41) is 9.54.